The summed E-state index contributed by atoms with van der Waals surface area (Å²) in [6.07, 6.45) is 2.48. The van der Waals surface area contributed by atoms with Crippen molar-refractivity contribution in [2.24, 2.45) is 0 Å². The van der Waals surface area contributed by atoms with Crippen LogP contribution < -0.4 is 11.5 Å². The highest BCUT2D eigenvalue weighted by atomic mass is 15.3. The Morgan fingerprint density at radius 2 is 1.38 bits per heavy atom. The van der Waals surface area contributed by atoms with Gasteiger partial charge < -0.3 is 16.0 Å². The first kappa shape index (κ1) is 12.9. The molecule has 0 aliphatic carbocycles. The van der Waals surface area contributed by atoms with E-state index in [1.165, 1.54) is 30.4 Å². The van der Waals surface area contributed by atoms with E-state index >= 15 is 0 Å². The minimum atomic E-state index is 0.720. The zero-order chi connectivity index (χ0) is 10.3. The first-order valence-electron chi connectivity index (χ1n) is 5.49. The predicted octanol–water partition coefficient (Wildman–Crippen LogP) is -0.895. The average molecular weight is 190 g/mol. The van der Waals surface area contributed by atoms with E-state index in [0.29, 0.717) is 0 Å². The molecule has 0 radical (unpaired) electrons. The SMILES string of the molecule is CC(C)[N+](C)(CCC[NH3+])CCC[NH3+]. The van der Waals surface area contributed by atoms with E-state index < -0.39 is 0 Å². The summed E-state index contributed by atoms with van der Waals surface area (Å²) in [5, 5.41) is 0. The van der Waals surface area contributed by atoms with Gasteiger partial charge in [0.15, 0.2) is 0 Å². The molecule has 0 spiro atoms. The molecule has 13 heavy (non-hydrogen) atoms. The highest BCUT2D eigenvalue weighted by Crippen LogP contribution is 2.11. The monoisotopic (exact) mass is 190 g/mol. The number of rotatable bonds is 7. The summed E-state index contributed by atoms with van der Waals surface area (Å²) in [5.74, 6) is 0. The van der Waals surface area contributed by atoms with Gasteiger partial charge in [-0.05, 0) is 13.8 Å². The van der Waals surface area contributed by atoms with E-state index in [4.69, 9.17) is 0 Å². The largest absolute Gasteiger partial charge is 0.357 e. The van der Waals surface area contributed by atoms with Crippen LogP contribution in [0.3, 0.4) is 0 Å². The van der Waals surface area contributed by atoms with Crippen LogP contribution in [0.2, 0.25) is 0 Å². The lowest BCUT2D eigenvalue weighted by molar-refractivity contribution is -0.931. The summed E-state index contributed by atoms with van der Waals surface area (Å²) in [6.45, 7) is 9.27. The zero-order valence-corrected chi connectivity index (χ0v) is 9.68. The van der Waals surface area contributed by atoms with Crippen LogP contribution >= 0.6 is 0 Å². The Kier molecular flexibility index (Phi) is 6.29. The minimum Gasteiger partial charge on any atom is -0.357 e. The molecule has 0 atom stereocenters. The van der Waals surface area contributed by atoms with Gasteiger partial charge in [-0.2, -0.15) is 0 Å². The zero-order valence-electron chi connectivity index (χ0n) is 9.68. The fraction of sp³-hybridized carbons (Fsp3) is 1.00. The van der Waals surface area contributed by atoms with Gasteiger partial charge in [0, 0.05) is 12.8 Å². The second-order valence-corrected chi connectivity index (χ2v) is 4.43. The molecule has 6 N–H and O–H groups in total. The van der Waals surface area contributed by atoms with Crippen molar-refractivity contribution in [3.63, 3.8) is 0 Å². The van der Waals surface area contributed by atoms with Crippen LogP contribution in [0.25, 0.3) is 0 Å². The van der Waals surface area contributed by atoms with Crippen LogP contribution in [0, 0.1) is 0 Å². The highest BCUT2D eigenvalue weighted by molar-refractivity contribution is 4.46. The van der Waals surface area contributed by atoms with Gasteiger partial charge in [-0.25, -0.2) is 0 Å². The van der Waals surface area contributed by atoms with Crippen LogP contribution in [-0.2, 0) is 0 Å². The summed E-state index contributed by atoms with van der Waals surface area (Å²) in [5.41, 5.74) is 7.81. The lowest BCUT2D eigenvalue weighted by atomic mass is 10.2. The van der Waals surface area contributed by atoms with Gasteiger partial charge in [0.2, 0.25) is 0 Å². The summed E-state index contributed by atoms with van der Waals surface area (Å²) in [4.78, 5) is 0. The number of hydrogen-bond acceptors (Lipinski definition) is 0. The second-order valence-electron chi connectivity index (χ2n) is 4.43. The van der Waals surface area contributed by atoms with E-state index in [1.807, 2.05) is 0 Å². The van der Waals surface area contributed by atoms with Crippen LogP contribution in [0.1, 0.15) is 26.7 Å². The molecule has 0 bridgehead atoms. The van der Waals surface area contributed by atoms with Gasteiger partial charge in [-0.1, -0.05) is 0 Å². The Labute approximate surface area is 82.7 Å². The average Bonchev–Trinajstić information content (AvgIpc) is 2.11. The van der Waals surface area contributed by atoms with Gasteiger partial charge in [0.05, 0.1) is 39.3 Å². The molecule has 0 aliphatic rings. The van der Waals surface area contributed by atoms with E-state index in [2.05, 4.69) is 32.4 Å². The Bertz CT molecular complexity index is 115. The first-order valence-corrected chi connectivity index (χ1v) is 5.49. The molecular weight excluding hydrogens is 162 g/mol. The van der Waals surface area contributed by atoms with Crippen molar-refractivity contribution in [2.75, 3.05) is 33.2 Å². The van der Waals surface area contributed by atoms with Crippen molar-refractivity contribution in [3.05, 3.63) is 0 Å². The molecule has 0 saturated carbocycles. The van der Waals surface area contributed by atoms with Crippen LogP contribution in [-0.4, -0.2) is 43.8 Å². The molecule has 0 aliphatic heterocycles. The van der Waals surface area contributed by atoms with Crippen molar-refractivity contribution < 1.29 is 16.0 Å². The molecular formula is C10H28N3+3. The van der Waals surface area contributed by atoms with E-state index in [1.54, 1.807) is 0 Å². The van der Waals surface area contributed by atoms with E-state index in [0.717, 1.165) is 19.1 Å². The Hall–Kier alpha value is -0.120. The van der Waals surface area contributed by atoms with Gasteiger partial charge in [0.1, 0.15) is 0 Å². The maximum absolute atomic E-state index is 3.91. The molecule has 0 amide bonds. The van der Waals surface area contributed by atoms with Gasteiger partial charge in [0.25, 0.3) is 0 Å². The van der Waals surface area contributed by atoms with Gasteiger partial charge >= 0.3 is 0 Å². The first-order chi connectivity index (χ1) is 6.06. The molecule has 0 aromatic heterocycles. The van der Waals surface area contributed by atoms with Crippen molar-refractivity contribution in [2.45, 2.75) is 32.7 Å². The number of nitrogens with zero attached hydrogens (tertiary/aromatic N) is 1. The minimum absolute atomic E-state index is 0.720. The normalized spacial score (nSPS) is 12.5. The third-order valence-electron chi connectivity index (χ3n) is 3.08. The third kappa shape index (κ3) is 4.60. The number of quaternary nitrogens is 3. The standard InChI is InChI=1S/C10H26N3/c1-10(2)13(3,8-4-6-11)9-5-7-12/h10H,4-9,11-12H2,1-3H3/q+1/p+2. The molecule has 0 fully saturated rings. The Morgan fingerprint density at radius 3 is 1.62 bits per heavy atom. The Balaban J connectivity index is 4.00. The highest BCUT2D eigenvalue weighted by Gasteiger charge is 2.24. The summed E-state index contributed by atoms with van der Waals surface area (Å²) in [6, 6.07) is 0.720. The molecule has 3 heteroatoms. The fourth-order valence-electron chi connectivity index (χ4n) is 1.57. The molecule has 0 heterocycles. The summed E-state index contributed by atoms with van der Waals surface area (Å²) >= 11 is 0. The third-order valence-corrected chi connectivity index (χ3v) is 3.08. The molecule has 3 nitrogen and oxygen atoms in total. The van der Waals surface area contributed by atoms with Crippen molar-refractivity contribution >= 4 is 0 Å². The lowest BCUT2D eigenvalue weighted by Gasteiger charge is -2.38. The molecule has 0 unspecified atom stereocenters. The fourth-order valence-corrected chi connectivity index (χ4v) is 1.57. The van der Waals surface area contributed by atoms with Crippen LogP contribution in [0.15, 0.2) is 0 Å². The van der Waals surface area contributed by atoms with Gasteiger partial charge in [-0.3, -0.25) is 0 Å². The van der Waals surface area contributed by atoms with Crippen molar-refractivity contribution in [1.82, 2.24) is 0 Å². The maximum atomic E-state index is 3.91. The molecule has 0 aromatic rings. The van der Waals surface area contributed by atoms with Crippen LogP contribution in [0.4, 0.5) is 0 Å². The maximum Gasteiger partial charge on any atom is 0.0840 e. The lowest BCUT2D eigenvalue weighted by Crippen LogP contribution is -2.57. The van der Waals surface area contributed by atoms with Crippen LogP contribution in [0.5, 0.6) is 0 Å². The van der Waals surface area contributed by atoms with Crippen molar-refractivity contribution in [1.29, 1.82) is 0 Å². The van der Waals surface area contributed by atoms with E-state index in [-0.39, 0.29) is 0 Å². The molecule has 0 saturated heterocycles. The van der Waals surface area contributed by atoms with Crippen molar-refractivity contribution in [3.8, 4) is 0 Å². The van der Waals surface area contributed by atoms with E-state index in [9.17, 15) is 0 Å². The topological polar surface area (TPSA) is 55.3 Å². The summed E-state index contributed by atoms with van der Waals surface area (Å²) < 4.78 is 1.19. The molecule has 0 rings (SSSR count). The Morgan fingerprint density at radius 1 is 1.00 bits per heavy atom. The predicted molar refractivity (Wildman–Crippen MR) is 55.8 cm³/mol. The quantitative estimate of drug-likeness (QED) is 0.489. The molecule has 0 aromatic carbocycles. The second kappa shape index (κ2) is 6.35. The van der Waals surface area contributed by atoms with Gasteiger partial charge in [-0.15, -0.1) is 0 Å². The smallest absolute Gasteiger partial charge is 0.0840 e. The summed E-state index contributed by atoms with van der Waals surface area (Å²) in [7, 11) is 2.36. The molecule has 80 valence electrons. The number of hydrogen-bond donors (Lipinski definition) is 2.